The maximum atomic E-state index is 11.4. The molecule has 0 aromatic heterocycles. The molecule has 1 aromatic carbocycles. The summed E-state index contributed by atoms with van der Waals surface area (Å²) < 4.78 is 14.6. The molecule has 1 amide bonds. The minimum absolute atomic E-state index is 0.0892. The van der Waals surface area contributed by atoms with Gasteiger partial charge in [-0.05, 0) is 26.3 Å². The fourth-order valence-electron chi connectivity index (χ4n) is 1.50. The van der Waals surface area contributed by atoms with Gasteiger partial charge in [-0.25, -0.2) is 9.59 Å². The Hall–Kier alpha value is -2.28. The highest BCUT2D eigenvalue weighted by Crippen LogP contribution is 2.06. The van der Waals surface area contributed by atoms with E-state index in [0.717, 1.165) is 5.56 Å². The lowest BCUT2D eigenvalue weighted by Gasteiger charge is -2.20. The minimum Gasteiger partial charge on any atom is -0.444 e. The van der Waals surface area contributed by atoms with Gasteiger partial charge in [-0.2, -0.15) is 0 Å². The van der Waals surface area contributed by atoms with Crippen LogP contribution in [-0.4, -0.2) is 42.2 Å². The van der Waals surface area contributed by atoms with E-state index in [4.69, 9.17) is 14.2 Å². The van der Waals surface area contributed by atoms with E-state index in [1.54, 1.807) is 20.8 Å². The van der Waals surface area contributed by atoms with Gasteiger partial charge in [-0.1, -0.05) is 30.3 Å². The number of hydrogen-bond donors (Lipinski definition) is 2. The second kappa shape index (κ2) is 8.99. The van der Waals surface area contributed by atoms with Crippen LogP contribution in [0.3, 0.4) is 0 Å². The third-order valence-corrected chi connectivity index (χ3v) is 2.47. The predicted octanol–water partition coefficient (Wildman–Crippen LogP) is 2.23. The summed E-state index contributed by atoms with van der Waals surface area (Å²) in [5.74, 6) is 0. The summed E-state index contributed by atoms with van der Waals surface area (Å²) >= 11 is 0. The zero-order valence-corrected chi connectivity index (χ0v) is 13.6. The first kappa shape index (κ1) is 18.8. The lowest BCUT2D eigenvalue weighted by Crippen LogP contribution is -2.38. The van der Waals surface area contributed by atoms with E-state index >= 15 is 0 Å². The Morgan fingerprint density at radius 3 is 2.43 bits per heavy atom. The predicted molar refractivity (Wildman–Crippen MR) is 82.8 cm³/mol. The molecule has 1 atom stereocenters. The molecule has 7 nitrogen and oxygen atoms in total. The maximum Gasteiger partial charge on any atom is 0.508 e. The third kappa shape index (κ3) is 9.36. The Morgan fingerprint density at radius 2 is 1.83 bits per heavy atom. The third-order valence-electron chi connectivity index (χ3n) is 2.47. The number of amides is 1. The normalized spacial score (nSPS) is 12.2. The number of ether oxygens (including phenoxy) is 3. The molecule has 0 saturated carbocycles. The molecule has 7 heteroatoms. The molecular formula is C16H23NO6. The molecule has 0 aliphatic rings. The molecule has 0 saturated heterocycles. The lowest BCUT2D eigenvalue weighted by molar-refractivity contribution is 0.0133. The number of hydrogen-bond acceptors (Lipinski definition) is 6. The number of nitrogens with one attached hydrogen (secondary N) is 1. The molecule has 23 heavy (non-hydrogen) atoms. The number of carbonyl (C=O) groups is 2. The van der Waals surface area contributed by atoms with Crippen LogP contribution >= 0.6 is 0 Å². The number of aliphatic hydroxyl groups excluding tert-OH is 1. The van der Waals surface area contributed by atoms with E-state index in [2.05, 4.69) is 5.32 Å². The lowest BCUT2D eigenvalue weighted by atomic mass is 10.2. The molecule has 0 bridgehead atoms. The van der Waals surface area contributed by atoms with Gasteiger partial charge in [-0.3, -0.25) is 0 Å². The van der Waals surface area contributed by atoms with E-state index in [0.29, 0.717) is 0 Å². The van der Waals surface area contributed by atoms with E-state index in [1.165, 1.54) is 0 Å². The Morgan fingerprint density at radius 1 is 1.17 bits per heavy atom. The average molecular weight is 325 g/mol. The van der Waals surface area contributed by atoms with Gasteiger partial charge in [0.15, 0.2) is 0 Å². The molecule has 0 aliphatic heterocycles. The smallest absolute Gasteiger partial charge is 0.444 e. The Balaban J connectivity index is 2.16. The fourth-order valence-corrected chi connectivity index (χ4v) is 1.50. The second-order valence-corrected chi connectivity index (χ2v) is 5.87. The highest BCUT2D eigenvalue weighted by atomic mass is 16.7. The van der Waals surface area contributed by atoms with E-state index in [9.17, 15) is 14.7 Å². The van der Waals surface area contributed by atoms with Crippen LogP contribution < -0.4 is 5.32 Å². The van der Waals surface area contributed by atoms with Gasteiger partial charge in [0.2, 0.25) is 0 Å². The van der Waals surface area contributed by atoms with Gasteiger partial charge in [0.25, 0.3) is 0 Å². The molecule has 1 unspecified atom stereocenters. The van der Waals surface area contributed by atoms with Crippen LogP contribution in [0, 0.1) is 0 Å². The molecule has 1 aromatic rings. The van der Waals surface area contributed by atoms with Gasteiger partial charge >= 0.3 is 12.2 Å². The number of alkyl carbamates (subject to hydrolysis) is 1. The largest absolute Gasteiger partial charge is 0.508 e. The van der Waals surface area contributed by atoms with Crippen LogP contribution in [0.1, 0.15) is 26.3 Å². The molecule has 0 spiro atoms. The minimum atomic E-state index is -1.05. The standard InChI is InChI=1S/C16H23NO6/c1-16(2,3)23-14(19)17-9-13(18)11-22-15(20)21-10-12-7-5-4-6-8-12/h4-8,13,18H,9-11H2,1-3H3,(H,17,19). The molecule has 0 radical (unpaired) electrons. The van der Waals surface area contributed by atoms with Crippen molar-refractivity contribution in [2.24, 2.45) is 0 Å². The second-order valence-electron chi connectivity index (χ2n) is 5.87. The summed E-state index contributed by atoms with van der Waals surface area (Å²) in [5, 5.41) is 12.0. The van der Waals surface area contributed by atoms with Crippen LogP contribution in [0.15, 0.2) is 30.3 Å². The molecule has 2 N–H and O–H groups in total. The number of rotatable bonds is 6. The summed E-state index contributed by atoms with van der Waals surface area (Å²) in [5.41, 5.74) is 0.212. The van der Waals surface area contributed by atoms with E-state index in [-0.39, 0.29) is 19.8 Å². The summed E-state index contributed by atoms with van der Waals surface area (Å²) in [6.07, 6.45) is -2.58. The van der Waals surface area contributed by atoms with Crippen molar-refractivity contribution in [3.8, 4) is 0 Å². The summed E-state index contributed by atoms with van der Waals surface area (Å²) in [4.78, 5) is 22.8. The molecular weight excluding hydrogens is 302 g/mol. The summed E-state index contributed by atoms with van der Waals surface area (Å²) in [6, 6.07) is 9.14. The van der Waals surface area contributed by atoms with Gasteiger partial charge in [-0.15, -0.1) is 0 Å². The number of aliphatic hydroxyl groups is 1. The van der Waals surface area contributed by atoms with Crippen molar-refractivity contribution in [2.75, 3.05) is 13.2 Å². The van der Waals surface area contributed by atoms with Gasteiger partial charge in [0.05, 0.1) is 6.54 Å². The van der Waals surface area contributed by atoms with Crippen LogP contribution in [0.5, 0.6) is 0 Å². The first-order valence-corrected chi connectivity index (χ1v) is 7.24. The highest BCUT2D eigenvalue weighted by Gasteiger charge is 2.17. The molecule has 0 fully saturated rings. The van der Waals surface area contributed by atoms with Crippen LogP contribution in [-0.2, 0) is 20.8 Å². The van der Waals surface area contributed by atoms with Crippen LogP contribution in [0.4, 0.5) is 9.59 Å². The van der Waals surface area contributed by atoms with Crippen LogP contribution in [0.25, 0.3) is 0 Å². The van der Waals surface area contributed by atoms with Crippen molar-refractivity contribution in [1.82, 2.24) is 5.32 Å². The molecule has 0 aliphatic carbocycles. The fraction of sp³-hybridized carbons (Fsp3) is 0.500. The van der Waals surface area contributed by atoms with E-state index in [1.807, 2.05) is 30.3 Å². The van der Waals surface area contributed by atoms with Crippen LogP contribution in [0.2, 0.25) is 0 Å². The average Bonchev–Trinajstić information content (AvgIpc) is 2.48. The highest BCUT2D eigenvalue weighted by molar-refractivity contribution is 5.67. The quantitative estimate of drug-likeness (QED) is 0.779. The zero-order valence-electron chi connectivity index (χ0n) is 13.6. The molecule has 1 rings (SSSR count). The first-order valence-electron chi connectivity index (χ1n) is 7.24. The van der Waals surface area contributed by atoms with Crippen molar-refractivity contribution in [1.29, 1.82) is 0 Å². The Labute approximate surface area is 135 Å². The molecule has 0 heterocycles. The maximum absolute atomic E-state index is 11.4. The van der Waals surface area contributed by atoms with Crippen molar-refractivity contribution in [3.05, 3.63) is 35.9 Å². The topological polar surface area (TPSA) is 94.1 Å². The van der Waals surface area contributed by atoms with Crippen molar-refractivity contribution in [3.63, 3.8) is 0 Å². The van der Waals surface area contributed by atoms with Gasteiger partial charge < -0.3 is 24.6 Å². The van der Waals surface area contributed by atoms with Gasteiger partial charge in [0.1, 0.15) is 24.9 Å². The summed E-state index contributed by atoms with van der Waals surface area (Å²) in [6.45, 7) is 4.90. The SMILES string of the molecule is CC(C)(C)OC(=O)NCC(O)COC(=O)OCc1ccccc1. The first-order chi connectivity index (χ1) is 10.8. The van der Waals surface area contributed by atoms with Crippen molar-refractivity contribution in [2.45, 2.75) is 39.1 Å². The van der Waals surface area contributed by atoms with E-state index < -0.39 is 24.0 Å². The van der Waals surface area contributed by atoms with Crippen molar-refractivity contribution < 1.29 is 28.9 Å². The summed E-state index contributed by atoms with van der Waals surface area (Å²) in [7, 11) is 0. The number of benzene rings is 1. The van der Waals surface area contributed by atoms with Gasteiger partial charge in [0, 0.05) is 0 Å². The molecule has 128 valence electrons. The monoisotopic (exact) mass is 325 g/mol. The Kier molecular flexibility index (Phi) is 7.34. The number of carbonyl (C=O) groups excluding carboxylic acids is 2. The Bertz CT molecular complexity index is 497. The van der Waals surface area contributed by atoms with Crippen molar-refractivity contribution >= 4 is 12.2 Å². The zero-order chi connectivity index (χ0) is 17.3.